The molecule has 6 aromatic carbocycles. The number of nitrogens with zero attached hydrogens (tertiary/aromatic N) is 2. The van der Waals surface area contributed by atoms with E-state index in [1.807, 2.05) is 123 Å². The lowest BCUT2D eigenvalue weighted by molar-refractivity contribution is -0.176. The molecule has 6 atom stereocenters. The Morgan fingerprint density at radius 2 is 0.808 bits per heavy atom. The molecule has 2 aliphatic rings. The van der Waals surface area contributed by atoms with E-state index >= 15 is 4.79 Å². The van der Waals surface area contributed by atoms with Gasteiger partial charge >= 0.3 is 6.09 Å². The Morgan fingerprint density at radius 1 is 0.507 bits per heavy atom. The molecule has 378 valence electrons. The van der Waals surface area contributed by atoms with Crippen molar-refractivity contribution < 1.29 is 28.7 Å². The summed E-state index contributed by atoms with van der Waals surface area (Å²) in [6.07, 6.45) is 7.99. The smallest absolute Gasteiger partial charge is 0.377 e. The van der Waals surface area contributed by atoms with Crippen molar-refractivity contribution in [3.63, 3.8) is 0 Å². The van der Waals surface area contributed by atoms with Crippen LogP contribution in [-0.2, 0) is 33.4 Å². The van der Waals surface area contributed by atoms with E-state index in [2.05, 4.69) is 96.1 Å². The van der Waals surface area contributed by atoms with Crippen LogP contribution in [0.4, 0.5) is 4.79 Å². The van der Waals surface area contributed by atoms with Gasteiger partial charge in [-0.25, -0.2) is 9.69 Å². The van der Waals surface area contributed by atoms with Crippen molar-refractivity contribution >= 4 is 41.8 Å². The number of methoxy groups -OCH3 is 2. The summed E-state index contributed by atoms with van der Waals surface area (Å²) in [6.45, 7) is 8.18. The minimum Gasteiger partial charge on any atom is -0.377 e. The second-order valence-corrected chi connectivity index (χ2v) is 21.0. The van der Waals surface area contributed by atoms with Crippen LogP contribution in [0.15, 0.2) is 206 Å². The molecular weight excluding hydrogens is 949 g/mol. The first-order valence-electron chi connectivity index (χ1n) is 25.0. The second kappa shape index (κ2) is 23.7. The van der Waals surface area contributed by atoms with Gasteiger partial charge in [0.2, 0.25) is 0 Å². The van der Waals surface area contributed by atoms with Crippen LogP contribution in [0.25, 0.3) is 0 Å². The monoisotopic (exact) mass is 1010 g/mol. The molecule has 0 bridgehead atoms. The summed E-state index contributed by atoms with van der Waals surface area (Å²) < 4.78 is 18.9. The molecule has 0 saturated heterocycles. The van der Waals surface area contributed by atoms with E-state index in [-0.39, 0.29) is 0 Å². The Morgan fingerprint density at radius 3 is 1.12 bits per heavy atom. The first kappa shape index (κ1) is 53.1. The maximum Gasteiger partial charge on any atom is 0.442 e. The zero-order chi connectivity index (χ0) is 51.5. The third-order valence-electron chi connectivity index (χ3n) is 14.5. The van der Waals surface area contributed by atoms with Crippen LogP contribution in [0.5, 0.6) is 0 Å². The van der Waals surface area contributed by atoms with Crippen molar-refractivity contribution in [3.8, 4) is 0 Å². The summed E-state index contributed by atoms with van der Waals surface area (Å²) in [5, 5.41) is 1.09. The van der Waals surface area contributed by atoms with Gasteiger partial charge in [0.15, 0.2) is 0 Å². The summed E-state index contributed by atoms with van der Waals surface area (Å²) in [7, 11) is 3.33. The van der Waals surface area contributed by atoms with Gasteiger partial charge in [0.05, 0.1) is 29.3 Å². The molecule has 0 unspecified atom stereocenters. The number of hydroxylamine groups is 2. The van der Waals surface area contributed by atoms with Gasteiger partial charge in [0, 0.05) is 26.4 Å². The Labute approximate surface area is 439 Å². The molecule has 0 radical (unpaired) electrons. The average Bonchev–Trinajstić information content (AvgIpc) is 4.00. The molecule has 2 N–H and O–H groups in total. The summed E-state index contributed by atoms with van der Waals surface area (Å²) >= 11 is 3.02. The van der Waals surface area contributed by atoms with Crippen LogP contribution in [-0.4, -0.2) is 77.5 Å². The standard InChI is InChI=1S/C61H66N4O6S2/c1-7-43-58(3,69-5)55(62-72-60(45-27-15-9-16-28-45,46-29-17-10-18-30-46)47-31-19-11-20-32-47)51-39-41-53(66)64(51)57(68)71-65-52(40-42-54(65)67)56(59(4,70-6)44-8-2)63-73-61(48-33-21-12-22-34-48,49-35-23-13-24-36-49)50-37-25-14-26-38-50/h9-42,51-52,55-56,62-63H,7-8,43-44H2,1-6H3/t51-,52-,55-,56-,58+,59+/m1/s1. The van der Waals surface area contributed by atoms with Crippen LogP contribution in [0.1, 0.15) is 86.8 Å². The summed E-state index contributed by atoms with van der Waals surface area (Å²) in [4.78, 5) is 50.9. The normalized spacial score (nSPS) is 18.3. The van der Waals surface area contributed by atoms with Gasteiger partial charge in [-0.15, -0.1) is 0 Å². The summed E-state index contributed by atoms with van der Waals surface area (Å²) in [5.41, 5.74) is 4.37. The fraction of sp³-hybridized carbons (Fsp3) is 0.295. The molecule has 0 spiro atoms. The van der Waals surface area contributed by atoms with Crippen LogP contribution in [0.2, 0.25) is 0 Å². The number of benzene rings is 6. The summed E-state index contributed by atoms with van der Waals surface area (Å²) in [6, 6.07) is 58.8. The Balaban J connectivity index is 1.15. The molecule has 0 aromatic heterocycles. The molecular formula is C61H66N4O6S2. The highest BCUT2D eigenvalue weighted by Gasteiger charge is 2.52. The highest BCUT2D eigenvalue weighted by atomic mass is 32.2. The number of rotatable bonds is 23. The van der Waals surface area contributed by atoms with Gasteiger partial charge < -0.3 is 14.3 Å². The van der Waals surface area contributed by atoms with Crippen molar-refractivity contribution in [2.24, 2.45) is 0 Å². The number of imide groups is 1. The third-order valence-corrected chi connectivity index (χ3v) is 17.2. The lowest BCUT2D eigenvalue weighted by Gasteiger charge is -2.45. The van der Waals surface area contributed by atoms with E-state index in [1.165, 1.54) is 36.0 Å². The van der Waals surface area contributed by atoms with Crippen LogP contribution < -0.4 is 9.44 Å². The van der Waals surface area contributed by atoms with E-state index < -0.39 is 62.8 Å². The van der Waals surface area contributed by atoms with E-state index in [9.17, 15) is 9.59 Å². The Hall–Kier alpha value is -6.25. The fourth-order valence-corrected chi connectivity index (χ4v) is 13.4. The molecule has 6 aromatic rings. The predicted octanol–water partition coefficient (Wildman–Crippen LogP) is 12.2. The van der Waals surface area contributed by atoms with Crippen molar-refractivity contribution in [1.82, 2.24) is 19.4 Å². The number of hydrogen-bond donors (Lipinski definition) is 2. The van der Waals surface area contributed by atoms with Crippen LogP contribution >= 0.6 is 23.9 Å². The minimum absolute atomic E-state index is 0.544. The van der Waals surface area contributed by atoms with Gasteiger partial charge in [-0.2, -0.15) is 5.06 Å². The first-order valence-corrected chi connectivity index (χ1v) is 26.7. The van der Waals surface area contributed by atoms with E-state index in [4.69, 9.17) is 14.3 Å². The molecule has 2 heterocycles. The Bertz CT molecular complexity index is 2620. The van der Waals surface area contributed by atoms with E-state index in [0.717, 1.165) is 56.2 Å². The summed E-state index contributed by atoms with van der Waals surface area (Å²) in [5.74, 6) is -1.12. The lowest BCUT2D eigenvalue weighted by atomic mass is 9.84. The largest absolute Gasteiger partial charge is 0.442 e. The molecule has 0 fully saturated rings. The maximum atomic E-state index is 15.1. The van der Waals surface area contributed by atoms with Crippen molar-refractivity contribution in [2.75, 3.05) is 14.2 Å². The number of carbonyl (C=O) groups is 3. The third kappa shape index (κ3) is 10.7. The Kier molecular flexibility index (Phi) is 17.3. The number of hydrogen-bond acceptors (Lipinski definition) is 10. The van der Waals surface area contributed by atoms with Gasteiger partial charge in [-0.05, 0) is 60.1 Å². The second-order valence-electron chi connectivity index (χ2n) is 18.9. The van der Waals surface area contributed by atoms with Gasteiger partial charge in [-0.1, -0.05) is 245 Å². The lowest BCUT2D eigenvalue weighted by Crippen LogP contribution is -2.62. The number of ether oxygens (including phenoxy) is 2. The maximum absolute atomic E-state index is 15.1. The zero-order valence-electron chi connectivity index (χ0n) is 42.4. The highest BCUT2D eigenvalue weighted by Crippen LogP contribution is 2.50. The van der Waals surface area contributed by atoms with Gasteiger partial charge in [0.25, 0.3) is 11.8 Å². The zero-order valence-corrected chi connectivity index (χ0v) is 44.1. The molecule has 3 amide bonds. The molecule has 12 heteroatoms. The molecule has 0 saturated carbocycles. The predicted molar refractivity (Wildman–Crippen MR) is 294 cm³/mol. The molecule has 8 rings (SSSR count). The number of amides is 3. The average molecular weight is 1020 g/mol. The van der Waals surface area contributed by atoms with Crippen molar-refractivity contribution in [1.29, 1.82) is 0 Å². The molecule has 0 aliphatic carbocycles. The van der Waals surface area contributed by atoms with E-state index in [0.29, 0.717) is 12.8 Å². The minimum atomic E-state index is -0.998. The van der Waals surface area contributed by atoms with E-state index in [1.54, 1.807) is 26.4 Å². The van der Waals surface area contributed by atoms with Crippen LogP contribution in [0.3, 0.4) is 0 Å². The fourth-order valence-electron chi connectivity index (χ4n) is 10.5. The SMILES string of the molecule is CCC[C@](C)(OC)[C@H](NSC(c1ccccc1)(c1ccccc1)c1ccccc1)[C@H]1C=CC(=O)N1OC(=O)N1C(=O)C=C[C@@H]1[C@@H](NSC(c1ccccc1)(c1ccccc1)c1ccccc1)[C@](C)(CCC)OC. The van der Waals surface area contributed by atoms with Crippen LogP contribution in [0, 0.1) is 0 Å². The van der Waals surface area contributed by atoms with Crippen molar-refractivity contribution in [3.05, 3.63) is 240 Å². The topological polar surface area (TPSA) is 109 Å². The number of nitrogens with one attached hydrogen (secondary N) is 2. The first-order chi connectivity index (χ1) is 35.5. The molecule has 10 nitrogen and oxygen atoms in total. The molecule has 73 heavy (non-hydrogen) atoms. The van der Waals surface area contributed by atoms with Gasteiger partial charge in [0.1, 0.15) is 15.5 Å². The quantitative estimate of drug-likeness (QED) is 0.0476. The highest BCUT2D eigenvalue weighted by molar-refractivity contribution is 7.99. The number of carbonyl (C=O) groups excluding carboxylic acids is 3. The van der Waals surface area contributed by atoms with Gasteiger partial charge in [-0.3, -0.25) is 19.0 Å². The van der Waals surface area contributed by atoms with Crippen molar-refractivity contribution in [2.45, 2.75) is 98.2 Å². The molecule has 2 aliphatic heterocycles.